The zero-order valence-electron chi connectivity index (χ0n) is 18.6. The van der Waals surface area contributed by atoms with Crippen molar-refractivity contribution >= 4 is 46.0 Å². The van der Waals surface area contributed by atoms with E-state index in [9.17, 15) is 14.9 Å². The molecule has 0 bridgehead atoms. The van der Waals surface area contributed by atoms with E-state index in [0.717, 1.165) is 49.9 Å². The molecule has 0 radical (unpaired) electrons. The molecule has 3 heterocycles. The van der Waals surface area contributed by atoms with Gasteiger partial charge in [0.15, 0.2) is 11.8 Å². The Morgan fingerprint density at radius 3 is 2.76 bits per heavy atom. The van der Waals surface area contributed by atoms with Crippen molar-refractivity contribution in [2.45, 2.75) is 45.1 Å². The van der Waals surface area contributed by atoms with Crippen LogP contribution in [0.25, 0.3) is 11.0 Å². The molecule has 1 unspecified atom stereocenters. The summed E-state index contributed by atoms with van der Waals surface area (Å²) < 4.78 is 5.60. The third kappa shape index (κ3) is 5.40. The molecule has 0 saturated carbocycles. The van der Waals surface area contributed by atoms with Gasteiger partial charge in [-0.2, -0.15) is 5.26 Å². The fourth-order valence-electron chi connectivity index (χ4n) is 4.34. The second-order valence-electron chi connectivity index (χ2n) is 8.43. The largest absolute Gasteiger partial charge is 0.460 e. The molecule has 1 atom stereocenters. The first-order chi connectivity index (χ1) is 15.9. The number of guanidine groups is 1. The van der Waals surface area contributed by atoms with Crippen molar-refractivity contribution in [1.29, 1.82) is 5.26 Å². The predicted molar refractivity (Wildman–Crippen MR) is 126 cm³/mol. The predicted octanol–water partition coefficient (Wildman–Crippen LogP) is 3.24. The maximum absolute atomic E-state index is 13.2. The number of nitrogens with zero attached hydrogens (tertiary/aromatic N) is 4. The average Bonchev–Trinajstić information content (AvgIpc) is 3.41. The number of nitrogens with one attached hydrogen (secondary N) is 2. The van der Waals surface area contributed by atoms with Crippen LogP contribution in [0.5, 0.6) is 0 Å². The van der Waals surface area contributed by atoms with Gasteiger partial charge in [0.1, 0.15) is 11.8 Å². The van der Waals surface area contributed by atoms with Gasteiger partial charge in [-0.15, -0.1) is 0 Å². The molecular formula is C23H27ClN6O3. The van der Waals surface area contributed by atoms with E-state index < -0.39 is 6.04 Å². The van der Waals surface area contributed by atoms with Crippen molar-refractivity contribution in [2.24, 2.45) is 4.99 Å². The second-order valence-corrected chi connectivity index (χ2v) is 8.84. The summed E-state index contributed by atoms with van der Waals surface area (Å²) in [5.41, 5.74) is 1.20. The highest BCUT2D eigenvalue weighted by atomic mass is 35.5. The molecule has 9 nitrogen and oxygen atoms in total. The first-order valence-corrected chi connectivity index (χ1v) is 11.6. The van der Waals surface area contributed by atoms with E-state index in [1.807, 2.05) is 30.1 Å². The van der Waals surface area contributed by atoms with Crippen LogP contribution < -0.4 is 10.6 Å². The number of aliphatic imine (C=N–C) groups is 1. The number of fused-ring (bicyclic) bond motifs is 1. The Balaban J connectivity index is 1.52. The van der Waals surface area contributed by atoms with Crippen molar-refractivity contribution in [1.82, 2.24) is 15.1 Å². The molecule has 2 aliphatic rings. The number of hydrogen-bond acceptors (Lipinski definition) is 5. The van der Waals surface area contributed by atoms with Crippen molar-refractivity contribution in [3.05, 3.63) is 29.0 Å². The smallest absolute Gasteiger partial charge is 0.247 e. The summed E-state index contributed by atoms with van der Waals surface area (Å²) in [5, 5.41) is 16.0. The van der Waals surface area contributed by atoms with Crippen LogP contribution in [0, 0.1) is 18.4 Å². The normalized spacial score (nSPS) is 19.5. The van der Waals surface area contributed by atoms with Gasteiger partial charge in [-0.05, 0) is 57.2 Å². The van der Waals surface area contributed by atoms with Crippen molar-refractivity contribution in [2.75, 3.05) is 31.5 Å². The molecule has 2 amide bonds. The molecule has 2 aromatic rings. The monoisotopic (exact) mass is 470 g/mol. The van der Waals surface area contributed by atoms with Crippen LogP contribution in [0.1, 0.15) is 37.9 Å². The number of anilines is 1. The van der Waals surface area contributed by atoms with E-state index in [-0.39, 0.29) is 24.3 Å². The molecule has 1 aromatic heterocycles. The van der Waals surface area contributed by atoms with E-state index in [1.165, 1.54) is 0 Å². The van der Waals surface area contributed by atoms with Gasteiger partial charge in [-0.1, -0.05) is 11.6 Å². The molecule has 4 rings (SSSR count). The Kier molecular flexibility index (Phi) is 7.04. The van der Waals surface area contributed by atoms with E-state index in [2.05, 4.69) is 15.6 Å². The molecule has 0 spiro atoms. The summed E-state index contributed by atoms with van der Waals surface area (Å²) in [6, 6.07) is 4.70. The Labute approximate surface area is 197 Å². The number of carbonyl (C=O) groups is 2. The highest BCUT2D eigenvalue weighted by Crippen LogP contribution is 2.30. The standard InChI is InChI=1S/C23H27ClN6O3/c1-15-10-16-11-17(12-18(24)21(16)33-15)27-23(26-14-25)28-19-6-2-3-9-30(22(19)32)13-20(31)29-7-4-5-8-29/h10-12,19H,2-9,13H2,1H3,(H2,26,27,28). The van der Waals surface area contributed by atoms with Gasteiger partial charge in [0.25, 0.3) is 0 Å². The number of carbonyl (C=O) groups excluding carboxylic acids is 2. The van der Waals surface area contributed by atoms with Gasteiger partial charge in [-0.3, -0.25) is 14.9 Å². The number of rotatable bonds is 4. The summed E-state index contributed by atoms with van der Waals surface area (Å²) in [5.74, 6) is 0.676. The van der Waals surface area contributed by atoms with E-state index in [0.29, 0.717) is 29.3 Å². The number of aryl methyl sites for hydroxylation is 1. The molecule has 2 saturated heterocycles. The van der Waals surface area contributed by atoms with Crippen LogP contribution in [-0.4, -0.2) is 59.8 Å². The van der Waals surface area contributed by atoms with Crippen LogP contribution in [0.15, 0.2) is 27.6 Å². The highest BCUT2D eigenvalue weighted by molar-refractivity contribution is 6.35. The summed E-state index contributed by atoms with van der Waals surface area (Å²) >= 11 is 6.34. The zero-order valence-corrected chi connectivity index (χ0v) is 19.3. The molecule has 174 valence electrons. The Morgan fingerprint density at radius 1 is 1.24 bits per heavy atom. The Hall–Kier alpha value is -3.25. The molecule has 1 aromatic carbocycles. The lowest BCUT2D eigenvalue weighted by atomic mass is 10.1. The number of furan rings is 1. The van der Waals surface area contributed by atoms with E-state index >= 15 is 0 Å². The minimum Gasteiger partial charge on any atom is -0.460 e. The SMILES string of the molecule is Cc1cc2cc(NC(=NC3CCCCN(CC(=O)N4CCCC4)C3=O)NC#N)cc(Cl)c2o1. The lowest BCUT2D eigenvalue weighted by Gasteiger charge is -2.25. The summed E-state index contributed by atoms with van der Waals surface area (Å²) in [4.78, 5) is 33.7. The van der Waals surface area contributed by atoms with Crippen molar-refractivity contribution in [3.8, 4) is 6.19 Å². The zero-order chi connectivity index (χ0) is 23.4. The Bertz CT molecular complexity index is 1120. The number of likely N-dealkylation sites (tertiary alicyclic amines) is 2. The maximum atomic E-state index is 13.2. The first-order valence-electron chi connectivity index (χ1n) is 11.2. The number of benzene rings is 1. The highest BCUT2D eigenvalue weighted by Gasteiger charge is 2.30. The summed E-state index contributed by atoms with van der Waals surface area (Å²) in [6.45, 7) is 3.96. The third-order valence-corrected chi connectivity index (χ3v) is 6.23. The average molecular weight is 471 g/mol. The van der Waals surface area contributed by atoms with Crippen molar-refractivity contribution < 1.29 is 14.0 Å². The van der Waals surface area contributed by atoms with Gasteiger partial charge in [-0.25, -0.2) is 4.99 Å². The fourth-order valence-corrected chi connectivity index (χ4v) is 4.61. The maximum Gasteiger partial charge on any atom is 0.247 e. The third-order valence-electron chi connectivity index (χ3n) is 5.95. The number of hydrogen-bond donors (Lipinski definition) is 2. The fraction of sp³-hybridized carbons (Fsp3) is 0.478. The second kappa shape index (κ2) is 10.1. The molecule has 0 aliphatic carbocycles. The van der Waals surface area contributed by atoms with Crippen LogP contribution in [0.4, 0.5) is 5.69 Å². The number of nitriles is 1. The van der Waals surface area contributed by atoms with E-state index in [1.54, 1.807) is 11.0 Å². The van der Waals surface area contributed by atoms with Crippen LogP contribution in [-0.2, 0) is 9.59 Å². The van der Waals surface area contributed by atoms with Crippen LogP contribution in [0.2, 0.25) is 5.02 Å². The van der Waals surface area contributed by atoms with Gasteiger partial charge in [0.05, 0.1) is 11.6 Å². The number of amides is 2. The first kappa shape index (κ1) is 22.9. The summed E-state index contributed by atoms with van der Waals surface area (Å²) in [6.07, 6.45) is 6.05. The molecule has 2 N–H and O–H groups in total. The van der Waals surface area contributed by atoms with E-state index in [4.69, 9.17) is 16.0 Å². The molecule has 2 aliphatic heterocycles. The topological polar surface area (TPSA) is 114 Å². The molecular weight excluding hydrogens is 444 g/mol. The minimum atomic E-state index is -0.683. The van der Waals surface area contributed by atoms with Crippen LogP contribution >= 0.6 is 11.6 Å². The molecule has 33 heavy (non-hydrogen) atoms. The van der Waals surface area contributed by atoms with Crippen LogP contribution in [0.3, 0.4) is 0 Å². The molecule has 2 fully saturated rings. The minimum absolute atomic E-state index is 0.0164. The van der Waals surface area contributed by atoms with Crippen molar-refractivity contribution in [3.63, 3.8) is 0 Å². The van der Waals surface area contributed by atoms with Gasteiger partial charge >= 0.3 is 0 Å². The summed E-state index contributed by atoms with van der Waals surface area (Å²) in [7, 11) is 0. The Morgan fingerprint density at radius 2 is 2.00 bits per heavy atom. The van der Waals surface area contributed by atoms with Gasteiger partial charge < -0.3 is 19.5 Å². The van der Waals surface area contributed by atoms with Gasteiger partial charge in [0.2, 0.25) is 17.8 Å². The quantitative estimate of drug-likeness (QED) is 0.307. The molecule has 10 heteroatoms. The van der Waals surface area contributed by atoms with Gasteiger partial charge in [0, 0.05) is 30.7 Å². The lowest BCUT2D eigenvalue weighted by Crippen LogP contribution is -2.45. The number of halogens is 1. The lowest BCUT2D eigenvalue weighted by molar-refractivity contribution is -0.140.